The Morgan fingerprint density at radius 1 is 1.27 bits per heavy atom. The van der Waals surface area contributed by atoms with Gasteiger partial charge < -0.3 is 5.32 Å². The summed E-state index contributed by atoms with van der Waals surface area (Å²) in [6.07, 6.45) is 0. The largest absolute Gasteiger partial charge is 0.310 e. The molecule has 15 heavy (non-hydrogen) atoms. The smallest absolute Gasteiger partial charge is 0.0208 e. The molecule has 0 saturated carbocycles. The van der Waals surface area contributed by atoms with E-state index in [-0.39, 0.29) is 0 Å². The SMILES string of the molecule is Cc1cccc(CN[C@H](C)C(C)(C)C)c1. The van der Waals surface area contributed by atoms with E-state index in [1.54, 1.807) is 0 Å². The minimum Gasteiger partial charge on any atom is -0.310 e. The van der Waals surface area contributed by atoms with Gasteiger partial charge in [-0.05, 0) is 24.8 Å². The molecule has 0 aliphatic rings. The van der Waals surface area contributed by atoms with Crippen molar-refractivity contribution in [3.8, 4) is 0 Å². The van der Waals surface area contributed by atoms with Crippen molar-refractivity contribution in [2.45, 2.75) is 47.2 Å². The number of aryl methyl sites for hydroxylation is 1. The Morgan fingerprint density at radius 3 is 2.47 bits per heavy atom. The zero-order valence-electron chi connectivity index (χ0n) is 10.6. The van der Waals surface area contributed by atoms with Crippen molar-refractivity contribution < 1.29 is 0 Å². The standard InChI is InChI=1S/C14H23N/c1-11-7-6-8-13(9-11)10-15-12(2)14(3,4)5/h6-9,12,15H,10H2,1-5H3/t12-/m1/s1. The third-order valence-corrected chi connectivity index (χ3v) is 2.99. The monoisotopic (exact) mass is 205 g/mol. The van der Waals surface area contributed by atoms with Gasteiger partial charge in [0.05, 0.1) is 0 Å². The van der Waals surface area contributed by atoms with Gasteiger partial charge in [0.25, 0.3) is 0 Å². The van der Waals surface area contributed by atoms with Crippen LogP contribution >= 0.6 is 0 Å². The molecule has 0 amide bonds. The van der Waals surface area contributed by atoms with E-state index in [1.807, 2.05) is 0 Å². The van der Waals surface area contributed by atoms with Crippen LogP contribution < -0.4 is 5.32 Å². The van der Waals surface area contributed by atoms with Gasteiger partial charge in [0.1, 0.15) is 0 Å². The van der Waals surface area contributed by atoms with E-state index in [0.29, 0.717) is 11.5 Å². The molecule has 1 heteroatoms. The van der Waals surface area contributed by atoms with Crippen molar-refractivity contribution in [1.29, 1.82) is 0 Å². The van der Waals surface area contributed by atoms with E-state index in [2.05, 4.69) is 64.2 Å². The van der Waals surface area contributed by atoms with E-state index in [4.69, 9.17) is 0 Å². The Balaban J connectivity index is 2.51. The predicted molar refractivity (Wildman–Crippen MR) is 66.9 cm³/mol. The zero-order valence-corrected chi connectivity index (χ0v) is 10.6. The molecule has 1 N–H and O–H groups in total. The lowest BCUT2D eigenvalue weighted by Crippen LogP contribution is -2.37. The van der Waals surface area contributed by atoms with Crippen molar-refractivity contribution in [2.24, 2.45) is 5.41 Å². The molecule has 1 atom stereocenters. The zero-order chi connectivity index (χ0) is 11.5. The molecule has 0 aliphatic heterocycles. The predicted octanol–water partition coefficient (Wildman–Crippen LogP) is 3.52. The Kier molecular flexibility index (Phi) is 3.92. The molecule has 1 rings (SSSR count). The van der Waals surface area contributed by atoms with Crippen LogP contribution in [0.2, 0.25) is 0 Å². The Labute approximate surface area is 93.9 Å². The van der Waals surface area contributed by atoms with Crippen LogP contribution in [0.1, 0.15) is 38.8 Å². The first kappa shape index (κ1) is 12.3. The highest BCUT2D eigenvalue weighted by atomic mass is 14.9. The lowest BCUT2D eigenvalue weighted by Gasteiger charge is -2.28. The molecule has 0 radical (unpaired) electrons. The highest BCUT2D eigenvalue weighted by molar-refractivity contribution is 5.22. The van der Waals surface area contributed by atoms with Gasteiger partial charge in [-0.25, -0.2) is 0 Å². The van der Waals surface area contributed by atoms with Gasteiger partial charge in [-0.1, -0.05) is 50.6 Å². The molecule has 0 bridgehead atoms. The first-order valence-electron chi connectivity index (χ1n) is 5.68. The average molecular weight is 205 g/mol. The maximum Gasteiger partial charge on any atom is 0.0208 e. The fourth-order valence-electron chi connectivity index (χ4n) is 1.40. The summed E-state index contributed by atoms with van der Waals surface area (Å²) in [5.41, 5.74) is 3.02. The average Bonchev–Trinajstić information content (AvgIpc) is 2.12. The number of hydrogen-bond donors (Lipinski definition) is 1. The van der Waals surface area contributed by atoms with Gasteiger partial charge in [0.15, 0.2) is 0 Å². The molecule has 0 saturated heterocycles. The van der Waals surface area contributed by atoms with Crippen LogP contribution in [0.5, 0.6) is 0 Å². The summed E-state index contributed by atoms with van der Waals surface area (Å²) in [4.78, 5) is 0. The maximum absolute atomic E-state index is 3.57. The lowest BCUT2D eigenvalue weighted by atomic mass is 9.88. The summed E-state index contributed by atoms with van der Waals surface area (Å²) in [5, 5.41) is 3.57. The number of hydrogen-bond acceptors (Lipinski definition) is 1. The van der Waals surface area contributed by atoms with Crippen LogP contribution in [0.3, 0.4) is 0 Å². The molecule has 0 heterocycles. The van der Waals surface area contributed by atoms with Gasteiger partial charge >= 0.3 is 0 Å². The van der Waals surface area contributed by atoms with E-state index in [9.17, 15) is 0 Å². The lowest BCUT2D eigenvalue weighted by molar-refractivity contribution is 0.285. The summed E-state index contributed by atoms with van der Waals surface area (Å²) in [5.74, 6) is 0. The van der Waals surface area contributed by atoms with E-state index < -0.39 is 0 Å². The number of nitrogens with one attached hydrogen (secondary N) is 1. The second-order valence-electron chi connectivity index (χ2n) is 5.46. The molecule has 84 valence electrons. The second-order valence-corrected chi connectivity index (χ2v) is 5.46. The summed E-state index contributed by atoms with van der Waals surface area (Å²) >= 11 is 0. The number of rotatable bonds is 3. The van der Waals surface area contributed by atoms with Crippen molar-refractivity contribution in [2.75, 3.05) is 0 Å². The Bertz CT molecular complexity index is 309. The minimum absolute atomic E-state index is 0.323. The van der Waals surface area contributed by atoms with Crippen molar-refractivity contribution in [3.63, 3.8) is 0 Å². The second kappa shape index (κ2) is 4.80. The van der Waals surface area contributed by atoms with Crippen molar-refractivity contribution >= 4 is 0 Å². The van der Waals surface area contributed by atoms with Gasteiger partial charge in [0, 0.05) is 12.6 Å². The molecule has 0 fully saturated rings. The molecule has 1 nitrogen and oxygen atoms in total. The normalized spacial score (nSPS) is 13.9. The van der Waals surface area contributed by atoms with Crippen molar-refractivity contribution in [1.82, 2.24) is 5.32 Å². The highest BCUT2D eigenvalue weighted by Crippen LogP contribution is 2.18. The quantitative estimate of drug-likeness (QED) is 0.796. The maximum atomic E-state index is 3.57. The van der Waals surface area contributed by atoms with Gasteiger partial charge in [0.2, 0.25) is 0 Å². The Hall–Kier alpha value is -0.820. The van der Waals surface area contributed by atoms with E-state index in [1.165, 1.54) is 11.1 Å². The van der Waals surface area contributed by atoms with Gasteiger partial charge in [-0.2, -0.15) is 0 Å². The molecular formula is C14H23N. The fraction of sp³-hybridized carbons (Fsp3) is 0.571. The first-order valence-corrected chi connectivity index (χ1v) is 5.68. The molecular weight excluding hydrogens is 182 g/mol. The Morgan fingerprint density at radius 2 is 1.93 bits per heavy atom. The molecule has 0 aromatic heterocycles. The molecule has 1 aromatic rings. The van der Waals surface area contributed by atoms with Crippen LogP contribution in [0, 0.1) is 12.3 Å². The van der Waals surface area contributed by atoms with E-state index in [0.717, 1.165) is 6.54 Å². The molecule has 0 spiro atoms. The van der Waals surface area contributed by atoms with Crippen LogP contribution in [0.15, 0.2) is 24.3 Å². The summed E-state index contributed by atoms with van der Waals surface area (Å²) < 4.78 is 0. The topological polar surface area (TPSA) is 12.0 Å². The van der Waals surface area contributed by atoms with Gasteiger partial charge in [-0.3, -0.25) is 0 Å². The molecule has 0 unspecified atom stereocenters. The van der Waals surface area contributed by atoms with Gasteiger partial charge in [-0.15, -0.1) is 0 Å². The summed E-state index contributed by atoms with van der Waals surface area (Å²) in [6, 6.07) is 9.20. The molecule has 0 aliphatic carbocycles. The van der Waals surface area contributed by atoms with Crippen molar-refractivity contribution in [3.05, 3.63) is 35.4 Å². The molecule has 1 aromatic carbocycles. The van der Waals surface area contributed by atoms with E-state index >= 15 is 0 Å². The van der Waals surface area contributed by atoms with Crippen LogP contribution in [-0.2, 0) is 6.54 Å². The van der Waals surface area contributed by atoms with Crippen LogP contribution in [0.25, 0.3) is 0 Å². The van der Waals surface area contributed by atoms with Crippen LogP contribution in [-0.4, -0.2) is 6.04 Å². The number of benzene rings is 1. The minimum atomic E-state index is 0.323. The third-order valence-electron chi connectivity index (χ3n) is 2.99. The van der Waals surface area contributed by atoms with Crippen LogP contribution in [0.4, 0.5) is 0 Å². The highest BCUT2D eigenvalue weighted by Gasteiger charge is 2.18. The summed E-state index contributed by atoms with van der Waals surface area (Å²) in [7, 11) is 0. The third kappa shape index (κ3) is 4.05. The first-order chi connectivity index (χ1) is 6.89. The fourth-order valence-corrected chi connectivity index (χ4v) is 1.40. The summed E-state index contributed by atoms with van der Waals surface area (Å²) in [6.45, 7) is 12.1.